The van der Waals surface area contributed by atoms with Gasteiger partial charge in [-0.1, -0.05) is 0 Å². The van der Waals surface area contributed by atoms with E-state index in [-0.39, 0.29) is 22.2 Å². The van der Waals surface area contributed by atoms with Gasteiger partial charge in [0.2, 0.25) is 0 Å². The Morgan fingerprint density at radius 2 is 2.05 bits per heavy atom. The van der Waals surface area contributed by atoms with Crippen LogP contribution in [0.25, 0.3) is 0 Å². The molecule has 0 atom stereocenters. The Morgan fingerprint density at radius 3 is 2.62 bits per heavy atom. The van der Waals surface area contributed by atoms with Crippen LogP contribution >= 0.6 is 0 Å². The Labute approximate surface area is 118 Å². The van der Waals surface area contributed by atoms with Gasteiger partial charge in [0.15, 0.2) is 0 Å². The molecule has 0 saturated carbocycles. The van der Waals surface area contributed by atoms with Crippen LogP contribution in [0.3, 0.4) is 0 Å². The van der Waals surface area contributed by atoms with E-state index in [0.717, 1.165) is 18.2 Å². The molecular weight excluding hydrogens is 302 g/mol. The molecule has 2 rings (SSSR count). The van der Waals surface area contributed by atoms with Gasteiger partial charge in [0.1, 0.15) is 4.90 Å². The lowest BCUT2D eigenvalue weighted by Gasteiger charge is -2.10. The summed E-state index contributed by atoms with van der Waals surface area (Å²) in [6, 6.07) is 3.09. The van der Waals surface area contributed by atoms with E-state index in [1.54, 1.807) is 0 Å². The SMILES string of the molecule is NNc1cc([N+](=O)[O-])ccc1S(=O)(=O)Nc1nccnn1. The van der Waals surface area contributed by atoms with Gasteiger partial charge in [-0.05, 0) is 6.07 Å². The van der Waals surface area contributed by atoms with Gasteiger partial charge in [0.25, 0.3) is 21.7 Å². The first kappa shape index (κ1) is 14.5. The number of nitro groups is 1. The summed E-state index contributed by atoms with van der Waals surface area (Å²) in [5.41, 5.74) is 1.66. The van der Waals surface area contributed by atoms with Gasteiger partial charge < -0.3 is 5.43 Å². The van der Waals surface area contributed by atoms with E-state index in [1.165, 1.54) is 12.4 Å². The predicted molar refractivity (Wildman–Crippen MR) is 71.5 cm³/mol. The van der Waals surface area contributed by atoms with Crippen molar-refractivity contribution in [2.75, 3.05) is 10.1 Å². The van der Waals surface area contributed by atoms with Gasteiger partial charge in [-0.25, -0.2) is 18.1 Å². The smallest absolute Gasteiger partial charge is 0.271 e. The minimum atomic E-state index is -4.08. The second-order valence-corrected chi connectivity index (χ2v) is 5.30. The van der Waals surface area contributed by atoms with Crippen molar-refractivity contribution in [1.82, 2.24) is 15.2 Å². The number of sulfonamides is 1. The summed E-state index contributed by atoms with van der Waals surface area (Å²) in [5.74, 6) is 4.96. The number of hydrazine groups is 1. The monoisotopic (exact) mass is 311 g/mol. The van der Waals surface area contributed by atoms with Crippen LogP contribution in [0.1, 0.15) is 0 Å². The first-order valence-corrected chi connectivity index (χ1v) is 6.84. The molecule has 0 bridgehead atoms. The highest BCUT2D eigenvalue weighted by Crippen LogP contribution is 2.26. The molecule has 0 aliphatic rings. The lowest BCUT2D eigenvalue weighted by Crippen LogP contribution is -2.19. The molecule has 21 heavy (non-hydrogen) atoms. The highest BCUT2D eigenvalue weighted by Gasteiger charge is 2.22. The highest BCUT2D eigenvalue weighted by atomic mass is 32.2. The number of nitrogens with one attached hydrogen (secondary N) is 2. The highest BCUT2D eigenvalue weighted by molar-refractivity contribution is 7.92. The number of nitrogen functional groups attached to an aromatic ring is 1. The standard InChI is InChI=1S/C9H9N7O4S/c10-13-7-5-6(16(17)18)1-2-8(7)21(19,20)15-9-11-3-4-12-14-9/h1-5,13H,10H2,(H,11,14,15). The van der Waals surface area contributed by atoms with Crippen LogP contribution in [0.15, 0.2) is 35.5 Å². The average molecular weight is 311 g/mol. The van der Waals surface area contributed by atoms with Crippen molar-refractivity contribution in [3.8, 4) is 0 Å². The number of benzene rings is 1. The summed E-state index contributed by atoms with van der Waals surface area (Å²) < 4.78 is 26.4. The Balaban J connectivity index is 2.42. The van der Waals surface area contributed by atoms with Gasteiger partial charge in [-0.15, -0.1) is 5.10 Å². The van der Waals surface area contributed by atoms with E-state index in [9.17, 15) is 18.5 Å². The summed E-state index contributed by atoms with van der Waals surface area (Å²) in [4.78, 5) is 13.4. The summed E-state index contributed by atoms with van der Waals surface area (Å²) >= 11 is 0. The van der Waals surface area contributed by atoms with Crippen molar-refractivity contribution in [3.05, 3.63) is 40.7 Å². The molecule has 1 aromatic heterocycles. The van der Waals surface area contributed by atoms with Crippen LogP contribution < -0.4 is 16.0 Å². The maximum absolute atomic E-state index is 12.2. The Hall–Kier alpha value is -2.86. The van der Waals surface area contributed by atoms with Gasteiger partial charge in [0, 0.05) is 12.1 Å². The zero-order valence-electron chi connectivity index (χ0n) is 10.3. The quantitative estimate of drug-likeness (QED) is 0.387. The summed E-state index contributed by atoms with van der Waals surface area (Å²) in [6.07, 6.45) is 2.53. The van der Waals surface area contributed by atoms with Crippen molar-refractivity contribution in [1.29, 1.82) is 0 Å². The molecule has 0 saturated heterocycles. The number of nitrogens with zero attached hydrogens (tertiary/aromatic N) is 4. The fraction of sp³-hybridized carbons (Fsp3) is 0. The second kappa shape index (κ2) is 5.64. The van der Waals surface area contributed by atoms with Gasteiger partial charge in [0.05, 0.1) is 23.0 Å². The number of anilines is 2. The first-order valence-electron chi connectivity index (χ1n) is 5.35. The lowest BCUT2D eigenvalue weighted by molar-refractivity contribution is -0.384. The topological polar surface area (TPSA) is 166 Å². The molecule has 4 N–H and O–H groups in total. The molecule has 110 valence electrons. The molecule has 0 unspecified atom stereocenters. The van der Waals surface area contributed by atoms with Gasteiger partial charge >= 0.3 is 0 Å². The third-order valence-electron chi connectivity index (χ3n) is 2.33. The predicted octanol–water partition coefficient (Wildman–Crippen LogP) is -0.134. The molecule has 1 heterocycles. The number of nitro benzene ring substituents is 1. The van der Waals surface area contributed by atoms with Crippen LogP contribution in [-0.4, -0.2) is 28.5 Å². The normalized spacial score (nSPS) is 10.9. The van der Waals surface area contributed by atoms with Crippen molar-refractivity contribution in [2.24, 2.45) is 5.84 Å². The van der Waals surface area contributed by atoms with E-state index in [0.29, 0.717) is 0 Å². The van der Waals surface area contributed by atoms with Gasteiger partial charge in [-0.3, -0.25) is 16.0 Å². The van der Waals surface area contributed by atoms with Gasteiger partial charge in [-0.2, -0.15) is 5.10 Å². The number of rotatable bonds is 5. The maximum Gasteiger partial charge on any atom is 0.271 e. The number of hydrogen-bond donors (Lipinski definition) is 3. The molecule has 0 radical (unpaired) electrons. The molecule has 1 aromatic carbocycles. The number of hydrogen-bond acceptors (Lipinski definition) is 9. The summed E-state index contributed by atoms with van der Waals surface area (Å²) in [7, 11) is -4.08. The van der Waals surface area contributed by atoms with E-state index in [2.05, 4.69) is 25.3 Å². The molecule has 11 nitrogen and oxygen atoms in total. The lowest BCUT2D eigenvalue weighted by atomic mass is 10.3. The minimum Gasteiger partial charge on any atom is -0.323 e. The van der Waals surface area contributed by atoms with Crippen molar-refractivity contribution in [3.63, 3.8) is 0 Å². The van der Waals surface area contributed by atoms with Crippen LogP contribution in [0.2, 0.25) is 0 Å². The third-order valence-corrected chi connectivity index (χ3v) is 3.71. The minimum absolute atomic E-state index is 0.138. The molecule has 2 aromatic rings. The molecule has 0 amide bonds. The van der Waals surface area contributed by atoms with E-state index < -0.39 is 14.9 Å². The van der Waals surface area contributed by atoms with Crippen molar-refractivity contribution in [2.45, 2.75) is 4.90 Å². The van der Waals surface area contributed by atoms with Crippen LogP contribution in [0.5, 0.6) is 0 Å². The molecule has 0 fully saturated rings. The zero-order valence-corrected chi connectivity index (χ0v) is 11.1. The third kappa shape index (κ3) is 3.18. The Morgan fingerprint density at radius 1 is 1.29 bits per heavy atom. The average Bonchev–Trinajstić information content (AvgIpc) is 2.47. The molecule has 0 aliphatic heterocycles. The number of nitrogens with two attached hydrogens (primary N) is 1. The Kier molecular flexibility index (Phi) is 3.91. The maximum atomic E-state index is 12.2. The fourth-order valence-electron chi connectivity index (χ4n) is 1.45. The fourth-order valence-corrected chi connectivity index (χ4v) is 2.55. The van der Waals surface area contributed by atoms with E-state index in [4.69, 9.17) is 5.84 Å². The van der Waals surface area contributed by atoms with E-state index >= 15 is 0 Å². The first-order chi connectivity index (χ1) is 9.94. The van der Waals surface area contributed by atoms with Crippen molar-refractivity contribution < 1.29 is 13.3 Å². The molecule has 12 heteroatoms. The van der Waals surface area contributed by atoms with Crippen molar-refractivity contribution >= 4 is 27.3 Å². The second-order valence-electron chi connectivity index (χ2n) is 3.65. The van der Waals surface area contributed by atoms with Crippen LogP contribution in [0, 0.1) is 10.1 Å². The summed E-state index contributed by atoms with van der Waals surface area (Å²) in [5, 5.41) is 17.6. The number of aromatic nitrogens is 3. The largest absolute Gasteiger partial charge is 0.323 e. The van der Waals surface area contributed by atoms with Crippen LogP contribution in [0.4, 0.5) is 17.3 Å². The Bertz CT molecular complexity index is 765. The van der Waals surface area contributed by atoms with E-state index in [1.807, 2.05) is 0 Å². The van der Waals surface area contributed by atoms with Crippen LogP contribution in [-0.2, 0) is 10.0 Å². The summed E-state index contributed by atoms with van der Waals surface area (Å²) in [6.45, 7) is 0. The molecule has 0 aliphatic carbocycles. The molecule has 0 spiro atoms. The number of non-ortho nitro benzene ring substituents is 1. The zero-order chi connectivity index (χ0) is 15.5. The molecular formula is C9H9N7O4S.